The Hall–Kier alpha value is -2.58. The fourth-order valence-corrected chi connectivity index (χ4v) is 4.50. The van der Waals surface area contributed by atoms with Gasteiger partial charge in [0.05, 0.1) is 11.5 Å². The summed E-state index contributed by atoms with van der Waals surface area (Å²) >= 11 is 12.0. The maximum absolute atomic E-state index is 12.9. The van der Waals surface area contributed by atoms with E-state index in [1.807, 2.05) is 4.90 Å². The van der Waals surface area contributed by atoms with E-state index in [0.29, 0.717) is 27.6 Å². The van der Waals surface area contributed by atoms with Crippen LogP contribution in [0, 0.1) is 5.92 Å². The molecule has 1 aromatic carbocycles. The molecule has 10 heteroatoms. The van der Waals surface area contributed by atoms with Crippen LogP contribution in [0.1, 0.15) is 37.7 Å². The molecule has 158 valence electrons. The molecule has 30 heavy (non-hydrogen) atoms. The number of halogens is 2. The molecular formula is C20H21Cl2N5O3. The van der Waals surface area contributed by atoms with Crippen molar-refractivity contribution in [1.82, 2.24) is 9.97 Å². The van der Waals surface area contributed by atoms with E-state index in [1.54, 1.807) is 6.07 Å². The normalized spacial score (nSPS) is 21.0. The van der Waals surface area contributed by atoms with E-state index in [0.717, 1.165) is 25.9 Å². The summed E-state index contributed by atoms with van der Waals surface area (Å²) in [7, 11) is 0. The Kier molecular flexibility index (Phi) is 5.71. The topological polar surface area (TPSA) is 107 Å². The number of fused-ring (bicyclic) bond motifs is 1. The minimum atomic E-state index is -0.975. The van der Waals surface area contributed by atoms with E-state index in [2.05, 4.69) is 27.5 Å². The van der Waals surface area contributed by atoms with Crippen molar-refractivity contribution in [3.8, 4) is 0 Å². The number of nitrogens with one attached hydrogen (secondary N) is 3. The fraction of sp³-hybridized carbons (Fsp3) is 0.400. The average Bonchev–Trinajstić information content (AvgIpc) is 2.66. The van der Waals surface area contributed by atoms with E-state index < -0.39 is 17.4 Å². The molecule has 2 unspecified atom stereocenters. The van der Waals surface area contributed by atoms with Crippen LogP contribution in [0.5, 0.6) is 0 Å². The molecule has 2 amide bonds. The number of aromatic nitrogens is 2. The highest BCUT2D eigenvalue weighted by molar-refractivity contribution is 6.35. The van der Waals surface area contributed by atoms with Crippen molar-refractivity contribution in [2.75, 3.05) is 28.6 Å². The molecule has 2 aliphatic rings. The first kappa shape index (κ1) is 20.7. The van der Waals surface area contributed by atoms with Gasteiger partial charge < -0.3 is 15.5 Å². The standard InChI is InChI=1S/C20H21Cl2N5O3/c1-10-3-2-4-27(9-10)20-25-17-16(19(30)26-20)14(8-15(28)24-17)18(29)23-13-6-11(21)5-12(22)7-13/h5-7,10,14H,2-4,8-9H2,1H3,(H,23,29)(H2,24,25,26,28,30). The number of amides is 2. The number of hydrogen-bond donors (Lipinski definition) is 3. The molecular weight excluding hydrogens is 429 g/mol. The van der Waals surface area contributed by atoms with E-state index >= 15 is 0 Å². The van der Waals surface area contributed by atoms with Gasteiger partial charge in [-0.05, 0) is 37.0 Å². The molecule has 2 aromatic rings. The van der Waals surface area contributed by atoms with Crippen LogP contribution in [0.4, 0.5) is 17.5 Å². The average molecular weight is 450 g/mol. The quantitative estimate of drug-likeness (QED) is 0.665. The summed E-state index contributed by atoms with van der Waals surface area (Å²) in [5.74, 6) is -0.825. The molecule has 4 rings (SSSR count). The molecule has 0 spiro atoms. The molecule has 8 nitrogen and oxygen atoms in total. The summed E-state index contributed by atoms with van der Waals surface area (Å²) in [5.41, 5.74) is 0.0971. The second-order valence-electron chi connectivity index (χ2n) is 7.80. The lowest BCUT2D eigenvalue weighted by Crippen LogP contribution is -2.40. The summed E-state index contributed by atoms with van der Waals surface area (Å²) < 4.78 is 0. The molecule has 0 radical (unpaired) electrons. The molecule has 1 fully saturated rings. The number of carbonyl (C=O) groups excluding carboxylic acids is 2. The van der Waals surface area contributed by atoms with Crippen molar-refractivity contribution in [3.63, 3.8) is 0 Å². The third kappa shape index (κ3) is 4.29. The smallest absolute Gasteiger partial charge is 0.258 e. The van der Waals surface area contributed by atoms with Crippen molar-refractivity contribution in [1.29, 1.82) is 0 Å². The van der Waals surface area contributed by atoms with Gasteiger partial charge in [-0.2, -0.15) is 4.98 Å². The van der Waals surface area contributed by atoms with Crippen molar-refractivity contribution in [2.45, 2.75) is 32.1 Å². The monoisotopic (exact) mass is 449 g/mol. The minimum Gasteiger partial charge on any atom is -0.342 e. The molecule has 0 saturated carbocycles. The third-order valence-electron chi connectivity index (χ3n) is 5.34. The van der Waals surface area contributed by atoms with Crippen molar-refractivity contribution in [3.05, 3.63) is 44.2 Å². The summed E-state index contributed by atoms with van der Waals surface area (Å²) in [6.45, 7) is 3.70. The molecule has 0 bridgehead atoms. The minimum absolute atomic E-state index is 0.132. The van der Waals surface area contributed by atoms with Crippen LogP contribution in [-0.4, -0.2) is 34.9 Å². The SMILES string of the molecule is CC1CCCN(c2nc3c(c(=O)[nH]2)C(C(=O)Nc2cc(Cl)cc(Cl)c2)CC(=O)N3)C1. The summed E-state index contributed by atoms with van der Waals surface area (Å²) in [5, 5.41) is 6.05. The molecule has 1 aromatic heterocycles. The fourth-order valence-electron chi connectivity index (χ4n) is 3.97. The van der Waals surface area contributed by atoms with Gasteiger partial charge in [0.15, 0.2) is 0 Å². The Morgan fingerprint density at radius 3 is 2.67 bits per heavy atom. The lowest BCUT2D eigenvalue weighted by atomic mass is 9.92. The largest absolute Gasteiger partial charge is 0.342 e. The number of piperidine rings is 1. The Labute approximate surface area is 183 Å². The van der Waals surface area contributed by atoms with E-state index in [1.165, 1.54) is 12.1 Å². The van der Waals surface area contributed by atoms with Crippen LogP contribution in [0.2, 0.25) is 10.0 Å². The van der Waals surface area contributed by atoms with Crippen LogP contribution in [-0.2, 0) is 9.59 Å². The van der Waals surface area contributed by atoms with Crippen LogP contribution in [0.3, 0.4) is 0 Å². The highest BCUT2D eigenvalue weighted by Gasteiger charge is 2.35. The molecule has 0 aliphatic carbocycles. The number of nitrogens with zero attached hydrogens (tertiary/aromatic N) is 2. The lowest BCUT2D eigenvalue weighted by Gasteiger charge is -2.32. The predicted molar refractivity (Wildman–Crippen MR) is 117 cm³/mol. The highest BCUT2D eigenvalue weighted by Crippen LogP contribution is 2.31. The number of anilines is 3. The van der Waals surface area contributed by atoms with Gasteiger partial charge in [0.25, 0.3) is 5.56 Å². The molecule has 1 saturated heterocycles. The molecule has 2 aliphatic heterocycles. The van der Waals surface area contributed by atoms with Crippen LogP contribution >= 0.6 is 23.2 Å². The predicted octanol–water partition coefficient (Wildman–Crippen LogP) is 3.38. The second kappa shape index (κ2) is 8.28. The van der Waals surface area contributed by atoms with E-state index in [-0.39, 0.29) is 23.7 Å². The van der Waals surface area contributed by atoms with Crippen LogP contribution in [0.15, 0.2) is 23.0 Å². The van der Waals surface area contributed by atoms with Gasteiger partial charge in [-0.1, -0.05) is 30.1 Å². The Morgan fingerprint density at radius 1 is 1.23 bits per heavy atom. The van der Waals surface area contributed by atoms with Gasteiger partial charge in [-0.15, -0.1) is 0 Å². The lowest BCUT2D eigenvalue weighted by molar-refractivity contribution is -0.123. The van der Waals surface area contributed by atoms with Gasteiger partial charge in [-0.3, -0.25) is 19.4 Å². The van der Waals surface area contributed by atoms with Gasteiger partial charge >= 0.3 is 0 Å². The second-order valence-corrected chi connectivity index (χ2v) is 8.67. The number of carbonyl (C=O) groups is 2. The zero-order chi connectivity index (χ0) is 21.4. The van der Waals surface area contributed by atoms with Gasteiger partial charge in [0, 0.05) is 35.2 Å². The van der Waals surface area contributed by atoms with Crippen LogP contribution < -0.4 is 21.1 Å². The maximum Gasteiger partial charge on any atom is 0.258 e. The number of benzene rings is 1. The summed E-state index contributed by atoms with van der Waals surface area (Å²) in [6, 6.07) is 4.62. The van der Waals surface area contributed by atoms with E-state index in [4.69, 9.17) is 23.2 Å². The zero-order valence-electron chi connectivity index (χ0n) is 16.3. The first-order valence-corrected chi connectivity index (χ1v) is 10.5. The number of aromatic amines is 1. The maximum atomic E-state index is 12.9. The number of rotatable bonds is 3. The highest BCUT2D eigenvalue weighted by atomic mass is 35.5. The van der Waals surface area contributed by atoms with Crippen molar-refractivity contribution < 1.29 is 9.59 Å². The van der Waals surface area contributed by atoms with Gasteiger partial charge in [-0.25, -0.2) is 0 Å². The Balaban J connectivity index is 1.65. The summed E-state index contributed by atoms with van der Waals surface area (Å²) in [4.78, 5) is 47.3. The molecule has 3 heterocycles. The van der Waals surface area contributed by atoms with Crippen LogP contribution in [0.25, 0.3) is 0 Å². The van der Waals surface area contributed by atoms with E-state index in [9.17, 15) is 14.4 Å². The third-order valence-corrected chi connectivity index (χ3v) is 5.78. The molecule has 2 atom stereocenters. The first-order valence-electron chi connectivity index (χ1n) is 9.76. The number of hydrogen-bond acceptors (Lipinski definition) is 5. The molecule has 3 N–H and O–H groups in total. The first-order chi connectivity index (χ1) is 14.3. The van der Waals surface area contributed by atoms with Crippen molar-refractivity contribution in [2.24, 2.45) is 5.92 Å². The van der Waals surface area contributed by atoms with Gasteiger partial charge in [0.2, 0.25) is 17.8 Å². The zero-order valence-corrected chi connectivity index (χ0v) is 17.8. The van der Waals surface area contributed by atoms with Crippen molar-refractivity contribution >= 4 is 52.5 Å². The van der Waals surface area contributed by atoms with Gasteiger partial charge in [0.1, 0.15) is 5.82 Å². The Bertz CT molecular complexity index is 1050. The number of H-pyrrole nitrogens is 1. The Morgan fingerprint density at radius 2 is 1.97 bits per heavy atom. The summed E-state index contributed by atoms with van der Waals surface area (Å²) in [6.07, 6.45) is 1.97.